The maximum Gasteiger partial charge on any atom is 0.0323 e. The van der Waals surface area contributed by atoms with E-state index in [0.29, 0.717) is 6.04 Å². The molecule has 18 heavy (non-hydrogen) atoms. The van der Waals surface area contributed by atoms with Crippen molar-refractivity contribution in [2.75, 3.05) is 7.05 Å². The molecule has 0 saturated carbocycles. The highest BCUT2D eigenvalue weighted by Gasteiger charge is 2.12. The Kier molecular flexibility index (Phi) is 4.56. The molecular weight excluding hydrogens is 238 g/mol. The van der Waals surface area contributed by atoms with E-state index in [4.69, 9.17) is 0 Å². The van der Waals surface area contributed by atoms with E-state index in [1.807, 2.05) is 11.3 Å². The summed E-state index contributed by atoms with van der Waals surface area (Å²) < 4.78 is 0. The number of hydrogen-bond acceptors (Lipinski definition) is 2. The lowest BCUT2D eigenvalue weighted by molar-refractivity contribution is 0.548. The Bertz CT molecular complexity index is 488. The van der Waals surface area contributed by atoms with Gasteiger partial charge in [-0.1, -0.05) is 29.8 Å². The normalized spacial score (nSPS) is 12.6. The van der Waals surface area contributed by atoms with Crippen LogP contribution in [0.5, 0.6) is 0 Å². The molecule has 0 amide bonds. The molecule has 0 aliphatic heterocycles. The van der Waals surface area contributed by atoms with Crippen LogP contribution in [0.2, 0.25) is 0 Å². The molecule has 1 N–H and O–H groups in total. The topological polar surface area (TPSA) is 12.0 Å². The van der Waals surface area contributed by atoms with Crippen LogP contribution in [0.15, 0.2) is 35.7 Å². The van der Waals surface area contributed by atoms with Crippen molar-refractivity contribution in [2.24, 2.45) is 0 Å². The van der Waals surface area contributed by atoms with Gasteiger partial charge in [0.1, 0.15) is 0 Å². The van der Waals surface area contributed by atoms with Gasteiger partial charge in [-0.3, -0.25) is 0 Å². The van der Waals surface area contributed by atoms with Gasteiger partial charge in [-0.2, -0.15) is 0 Å². The van der Waals surface area contributed by atoms with Gasteiger partial charge in [-0.15, -0.1) is 11.3 Å². The summed E-state index contributed by atoms with van der Waals surface area (Å²) in [5.74, 6) is 0. The summed E-state index contributed by atoms with van der Waals surface area (Å²) in [5.41, 5.74) is 4.16. The van der Waals surface area contributed by atoms with Crippen molar-refractivity contribution >= 4 is 11.3 Å². The van der Waals surface area contributed by atoms with Crippen LogP contribution in [0.4, 0.5) is 0 Å². The fraction of sp³-hybridized carbons (Fsp3) is 0.375. The molecule has 0 radical (unpaired) electrons. The Morgan fingerprint density at radius 3 is 2.72 bits per heavy atom. The van der Waals surface area contributed by atoms with Gasteiger partial charge in [0.05, 0.1) is 0 Å². The predicted molar refractivity (Wildman–Crippen MR) is 80.4 cm³/mol. The molecule has 1 aromatic carbocycles. The molecule has 0 saturated heterocycles. The highest BCUT2D eigenvalue weighted by atomic mass is 32.1. The Morgan fingerprint density at radius 1 is 1.22 bits per heavy atom. The minimum atomic E-state index is 0.451. The molecule has 0 aliphatic carbocycles. The molecule has 0 spiro atoms. The van der Waals surface area contributed by atoms with Crippen LogP contribution in [0, 0.1) is 13.8 Å². The smallest absolute Gasteiger partial charge is 0.0323 e. The van der Waals surface area contributed by atoms with Crippen LogP contribution in [-0.2, 0) is 6.42 Å². The van der Waals surface area contributed by atoms with Crippen LogP contribution in [0.3, 0.4) is 0 Å². The van der Waals surface area contributed by atoms with E-state index in [1.54, 1.807) is 0 Å². The summed E-state index contributed by atoms with van der Waals surface area (Å²) in [6.45, 7) is 4.36. The molecule has 1 unspecified atom stereocenters. The van der Waals surface area contributed by atoms with Gasteiger partial charge >= 0.3 is 0 Å². The van der Waals surface area contributed by atoms with Gasteiger partial charge in [0.15, 0.2) is 0 Å². The first-order valence-electron chi connectivity index (χ1n) is 6.47. The van der Waals surface area contributed by atoms with E-state index in [9.17, 15) is 0 Å². The van der Waals surface area contributed by atoms with Crippen LogP contribution < -0.4 is 5.32 Å². The van der Waals surface area contributed by atoms with Crippen molar-refractivity contribution in [3.63, 3.8) is 0 Å². The zero-order valence-electron chi connectivity index (χ0n) is 11.4. The molecule has 2 aromatic rings. The second kappa shape index (κ2) is 6.17. The number of hydrogen-bond donors (Lipinski definition) is 1. The summed E-state index contributed by atoms with van der Waals surface area (Å²) in [4.78, 5) is 1.47. The lowest BCUT2D eigenvalue weighted by atomic mass is 9.95. The largest absolute Gasteiger partial charge is 0.313 e. The SMILES string of the molecule is CNC(CCc1cccs1)c1cc(C)ccc1C. The van der Waals surface area contributed by atoms with E-state index in [1.165, 1.54) is 21.6 Å². The second-order valence-electron chi connectivity index (χ2n) is 4.82. The van der Waals surface area contributed by atoms with Crippen LogP contribution in [0.1, 0.15) is 34.0 Å². The number of aryl methyl sites for hydroxylation is 3. The van der Waals surface area contributed by atoms with Crippen molar-refractivity contribution in [3.8, 4) is 0 Å². The summed E-state index contributed by atoms with van der Waals surface area (Å²) in [6.07, 6.45) is 2.30. The van der Waals surface area contributed by atoms with Gasteiger partial charge in [-0.25, -0.2) is 0 Å². The highest BCUT2D eigenvalue weighted by Crippen LogP contribution is 2.24. The molecule has 1 nitrogen and oxygen atoms in total. The van der Waals surface area contributed by atoms with Crippen molar-refractivity contribution in [2.45, 2.75) is 32.7 Å². The van der Waals surface area contributed by atoms with Crippen LogP contribution in [-0.4, -0.2) is 7.05 Å². The summed E-state index contributed by atoms with van der Waals surface area (Å²) in [7, 11) is 2.06. The molecule has 1 atom stereocenters. The molecule has 1 aromatic heterocycles. The average Bonchev–Trinajstić information content (AvgIpc) is 2.87. The minimum absolute atomic E-state index is 0.451. The van der Waals surface area contributed by atoms with E-state index in [2.05, 4.69) is 61.9 Å². The lowest BCUT2D eigenvalue weighted by Crippen LogP contribution is -2.18. The zero-order valence-corrected chi connectivity index (χ0v) is 12.2. The van der Waals surface area contributed by atoms with Crippen LogP contribution in [0.25, 0.3) is 0 Å². The standard InChI is InChI=1S/C16H21NS/c1-12-6-7-13(2)15(11-12)16(17-3)9-8-14-5-4-10-18-14/h4-7,10-11,16-17H,8-9H2,1-3H3. The van der Waals surface area contributed by atoms with E-state index >= 15 is 0 Å². The molecule has 0 aliphatic rings. The monoisotopic (exact) mass is 259 g/mol. The lowest BCUT2D eigenvalue weighted by Gasteiger charge is -2.19. The molecule has 0 bridgehead atoms. The Hall–Kier alpha value is -1.12. The fourth-order valence-electron chi connectivity index (χ4n) is 2.33. The first kappa shape index (κ1) is 13.3. The highest BCUT2D eigenvalue weighted by molar-refractivity contribution is 7.09. The van der Waals surface area contributed by atoms with Crippen LogP contribution >= 0.6 is 11.3 Å². The van der Waals surface area contributed by atoms with Crippen molar-refractivity contribution in [1.82, 2.24) is 5.32 Å². The predicted octanol–water partition coefficient (Wildman–Crippen LogP) is 4.26. The number of thiophene rings is 1. The third kappa shape index (κ3) is 3.21. The van der Waals surface area contributed by atoms with E-state index in [-0.39, 0.29) is 0 Å². The van der Waals surface area contributed by atoms with Crippen molar-refractivity contribution < 1.29 is 0 Å². The zero-order chi connectivity index (χ0) is 13.0. The third-order valence-corrected chi connectivity index (χ3v) is 4.35. The Labute approximate surface area is 114 Å². The van der Waals surface area contributed by atoms with Crippen molar-refractivity contribution in [3.05, 3.63) is 57.3 Å². The summed E-state index contributed by atoms with van der Waals surface area (Å²) >= 11 is 1.85. The number of rotatable bonds is 5. The Morgan fingerprint density at radius 2 is 2.06 bits per heavy atom. The summed E-state index contributed by atoms with van der Waals surface area (Å²) in [6, 6.07) is 11.5. The average molecular weight is 259 g/mol. The van der Waals surface area contributed by atoms with E-state index < -0.39 is 0 Å². The number of benzene rings is 1. The molecule has 0 fully saturated rings. The molecular formula is C16H21NS. The first-order chi connectivity index (χ1) is 8.70. The van der Waals surface area contributed by atoms with Gasteiger partial charge in [-0.05, 0) is 56.3 Å². The van der Waals surface area contributed by atoms with Gasteiger partial charge in [0.25, 0.3) is 0 Å². The Balaban J connectivity index is 2.10. The second-order valence-corrected chi connectivity index (χ2v) is 5.85. The van der Waals surface area contributed by atoms with Gasteiger partial charge < -0.3 is 5.32 Å². The molecule has 2 heteroatoms. The molecule has 2 rings (SSSR count). The molecule has 1 heterocycles. The van der Waals surface area contributed by atoms with E-state index in [0.717, 1.165) is 12.8 Å². The summed E-state index contributed by atoms with van der Waals surface area (Å²) in [5, 5.41) is 5.61. The maximum atomic E-state index is 3.45. The maximum absolute atomic E-state index is 3.45. The van der Waals surface area contributed by atoms with Gasteiger partial charge in [0, 0.05) is 10.9 Å². The molecule has 96 valence electrons. The third-order valence-electron chi connectivity index (χ3n) is 3.42. The van der Waals surface area contributed by atoms with Crippen molar-refractivity contribution in [1.29, 1.82) is 0 Å². The quantitative estimate of drug-likeness (QED) is 0.846. The fourth-order valence-corrected chi connectivity index (χ4v) is 3.06. The minimum Gasteiger partial charge on any atom is -0.313 e. The number of nitrogens with one attached hydrogen (secondary N) is 1. The van der Waals surface area contributed by atoms with Gasteiger partial charge in [0.2, 0.25) is 0 Å². The first-order valence-corrected chi connectivity index (χ1v) is 7.35.